The van der Waals surface area contributed by atoms with Crippen molar-refractivity contribution >= 4 is 0 Å². The lowest BCUT2D eigenvalue weighted by atomic mass is 9.63. The Morgan fingerprint density at radius 1 is 0.654 bits per heavy atom. The van der Waals surface area contributed by atoms with Crippen LogP contribution >= 0.6 is 0 Å². The highest BCUT2D eigenvalue weighted by Gasteiger charge is 2.47. The van der Waals surface area contributed by atoms with Crippen molar-refractivity contribution in [1.29, 1.82) is 0 Å². The maximum atomic E-state index is 2.65. The minimum absolute atomic E-state index is 0.601. The van der Waals surface area contributed by atoms with Gasteiger partial charge in [0.1, 0.15) is 0 Å². The van der Waals surface area contributed by atoms with Crippen molar-refractivity contribution in [2.45, 2.75) is 101 Å². The van der Waals surface area contributed by atoms with Crippen LogP contribution < -0.4 is 0 Å². The van der Waals surface area contributed by atoms with Crippen LogP contribution in [0.25, 0.3) is 0 Å². The van der Waals surface area contributed by atoms with Crippen LogP contribution in [0.5, 0.6) is 0 Å². The Morgan fingerprint density at radius 2 is 1.12 bits per heavy atom. The normalized spacial score (nSPS) is 26.5. The van der Waals surface area contributed by atoms with Crippen LogP contribution in [0.2, 0.25) is 0 Å². The Labute approximate surface area is 166 Å². The van der Waals surface area contributed by atoms with Crippen molar-refractivity contribution in [2.75, 3.05) is 19.6 Å². The molecule has 0 aromatic rings. The molecular formula is C24H50N2. The Kier molecular flexibility index (Phi) is 8.67. The maximum absolute atomic E-state index is 2.65. The van der Waals surface area contributed by atoms with Crippen LogP contribution in [-0.4, -0.2) is 47.6 Å². The number of hydrogen-bond donors (Lipinski definition) is 0. The van der Waals surface area contributed by atoms with Crippen molar-refractivity contribution in [3.05, 3.63) is 0 Å². The lowest BCUT2D eigenvalue weighted by Gasteiger charge is -2.57. The van der Waals surface area contributed by atoms with Gasteiger partial charge in [-0.05, 0) is 57.3 Å². The van der Waals surface area contributed by atoms with E-state index in [4.69, 9.17) is 0 Å². The highest BCUT2D eigenvalue weighted by atomic mass is 15.3. The number of hydrogen-bond acceptors (Lipinski definition) is 2. The van der Waals surface area contributed by atoms with Crippen molar-refractivity contribution in [2.24, 2.45) is 35.0 Å². The molecule has 0 radical (unpaired) electrons. The molecule has 0 aromatic carbocycles. The van der Waals surface area contributed by atoms with Gasteiger partial charge < -0.3 is 0 Å². The minimum Gasteiger partial charge on any atom is -0.300 e. The Bertz CT molecular complexity index is 378. The van der Waals surface area contributed by atoms with Crippen molar-refractivity contribution in [3.63, 3.8) is 0 Å². The molecule has 2 aliphatic heterocycles. The smallest absolute Gasteiger partial charge is 0.0164 e. The molecule has 0 bridgehead atoms. The summed E-state index contributed by atoms with van der Waals surface area (Å²) in [5.74, 6) is 4.23. The summed E-state index contributed by atoms with van der Waals surface area (Å²) in [4.78, 5) is 5.23. The van der Waals surface area contributed by atoms with Crippen molar-refractivity contribution in [3.8, 4) is 0 Å². The molecule has 2 rings (SSSR count). The van der Waals surface area contributed by atoms with Crippen LogP contribution in [-0.2, 0) is 0 Å². The second-order valence-corrected chi connectivity index (χ2v) is 11.0. The molecule has 2 aliphatic rings. The van der Waals surface area contributed by atoms with Gasteiger partial charge in [-0.25, -0.2) is 0 Å². The van der Waals surface area contributed by atoms with Gasteiger partial charge >= 0.3 is 0 Å². The van der Waals surface area contributed by atoms with Crippen LogP contribution in [0.3, 0.4) is 0 Å². The van der Waals surface area contributed by atoms with Crippen LogP contribution in [0, 0.1) is 35.0 Å². The molecule has 2 heterocycles. The lowest BCUT2D eigenvalue weighted by Crippen LogP contribution is -2.63. The summed E-state index contributed by atoms with van der Waals surface area (Å²) >= 11 is 0. The van der Waals surface area contributed by atoms with Gasteiger partial charge in [-0.2, -0.15) is 0 Å². The van der Waals surface area contributed by atoms with Crippen LogP contribution in [0.1, 0.15) is 83.1 Å². The zero-order valence-electron chi connectivity index (χ0n) is 20.1. The average molecular weight is 367 g/mol. The van der Waals surface area contributed by atoms with E-state index >= 15 is 0 Å². The van der Waals surface area contributed by atoms with Gasteiger partial charge in [0, 0.05) is 43.2 Å². The van der Waals surface area contributed by atoms with Gasteiger partial charge in [-0.1, -0.05) is 55.4 Å². The third-order valence-electron chi connectivity index (χ3n) is 7.47. The van der Waals surface area contributed by atoms with Crippen LogP contribution in [0.15, 0.2) is 0 Å². The van der Waals surface area contributed by atoms with E-state index in [1.165, 1.54) is 19.6 Å². The van der Waals surface area contributed by atoms with Gasteiger partial charge in [0.2, 0.25) is 0 Å². The van der Waals surface area contributed by atoms with E-state index in [1.54, 1.807) is 0 Å². The lowest BCUT2D eigenvalue weighted by molar-refractivity contribution is -0.0868. The molecule has 2 atom stereocenters. The van der Waals surface area contributed by atoms with Crippen molar-refractivity contribution < 1.29 is 0 Å². The molecule has 2 heteroatoms. The van der Waals surface area contributed by atoms with E-state index in [-0.39, 0.29) is 0 Å². The largest absolute Gasteiger partial charge is 0.300 e. The fourth-order valence-electron chi connectivity index (χ4n) is 5.09. The molecule has 2 nitrogen and oxygen atoms in total. The third kappa shape index (κ3) is 5.04. The number of nitrogens with zero attached hydrogens (tertiary/aromatic N) is 2. The van der Waals surface area contributed by atoms with Gasteiger partial charge in [0.25, 0.3) is 0 Å². The zero-order chi connectivity index (χ0) is 20.4. The standard InChI is InChI=1S/2C12H25N/c1-9(2)12(10(3)4)7-13(8-12)11(5)6;1-8(2)11-7-13(10(5)6)12(11)9(3)4/h9-11H,7-8H2,1-6H3;8-12H,7H2,1-6H3. The Morgan fingerprint density at radius 3 is 1.38 bits per heavy atom. The first-order valence-electron chi connectivity index (χ1n) is 11.3. The molecule has 0 N–H and O–H groups in total. The molecule has 2 fully saturated rings. The second kappa shape index (κ2) is 9.41. The van der Waals surface area contributed by atoms with E-state index in [0.29, 0.717) is 5.41 Å². The zero-order valence-corrected chi connectivity index (χ0v) is 20.1. The monoisotopic (exact) mass is 366 g/mol. The molecule has 2 saturated heterocycles. The summed E-state index contributed by atoms with van der Waals surface area (Å²) in [7, 11) is 0. The first-order chi connectivity index (χ1) is 11.8. The molecule has 0 saturated carbocycles. The first-order valence-corrected chi connectivity index (χ1v) is 11.3. The summed E-state index contributed by atoms with van der Waals surface area (Å²) < 4.78 is 0. The quantitative estimate of drug-likeness (QED) is 0.567. The summed E-state index contributed by atoms with van der Waals surface area (Å²) in [6.45, 7) is 32.1. The maximum Gasteiger partial charge on any atom is 0.0164 e. The summed E-state index contributed by atoms with van der Waals surface area (Å²) in [5, 5.41) is 0. The fourth-order valence-corrected chi connectivity index (χ4v) is 5.09. The SMILES string of the molecule is CC(C)C1CN(C(C)C)C1C(C)C.CC(C)N1CC(C(C)C)(C(C)C)C1. The molecule has 0 aliphatic carbocycles. The van der Waals surface area contributed by atoms with Gasteiger partial charge in [-0.15, -0.1) is 0 Å². The highest BCUT2D eigenvalue weighted by Crippen LogP contribution is 2.44. The van der Waals surface area contributed by atoms with E-state index in [1.807, 2.05) is 0 Å². The molecule has 156 valence electrons. The first kappa shape index (κ1) is 24.0. The fraction of sp³-hybridized carbons (Fsp3) is 1.00. The molecule has 26 heavy (non-hydrogen) atoms. The molecule has 0 amide bonds. The van der Waals surface area contributed by atoms with E-state index < -0.39 is 0 Å². The summed E-state index contributed by atoms with van der Waals surface area (Å²) in [6, 6.07) is 2.29. The number of likely N-dealkylation sites (tertiary alicyclic amines) is 2. The number of rotatable bonds is 6. The highest BCUT2D eigenvalue weighted by molar-refractivity contribution is 5.00. The van der Waals surface area contributed by atoms with E-state index in [0.717, 1.165) is 47.7 Å². The third-order valence-corrected chi connectivity index (χ3v) is 7.47. The second-order valence-electron chi connectivity index (χ2n) is 11.0. The molecule has 0 aromatic heterocycles. The Hall–Kier alpha value is -0.0800. The Balaban J connectivity index is 0.000000260. The van der Waals surface area contributed by atoms with E-state index in [2.05, 4.69) is 92.9 Å². The minimum atomic E-state index is 0.601. The predicted octanol–water partition coefficient (Wildman–Crippen LogP) is 6.02. The molecule has 2 unspecified atom stereocenters. The predicted molar refractivity (Wildman–Crippen MR) is 118 cm³/mol. The molecule has 0 spiro atoms. The molecular weight excluding hydrogens is 316 g/mol. The topological polar surface area (TPSA) is 6.48 Å². The van der Waals surface area contributed by atoms with Crippen molar-refractivity contribution in [1.82, 2.24) is 9.80 Å². The van der Waals surface area contributed by atoms with E-state index in [9.17, 15) is 0 Å². The van der Waals surface area contributed by atoms with Crippen LogP contribution in [0.4, 0.5) is 0 Å². The average Bonchev–Trinajstić information content (AvgIpc) is 2.33. The van der Waals surface area contributed by atoms with Gasteiger partial charge in [0.05, 0.1) is 0 Å². The van der Waals surface area contributed by atoms with Gasteiger partial charge in [-0.3, -0.25) is 9.80 Å². The summed E-state index contributed by atoms with van der Waals surface area (Å²) in [6.07, 6.45) is 0. The summed E-state index contributed by atoms with van der Waals surface area (Å²) in [5.41, 5.74) is 0.601. The van der Waals surface area contributed by atoms with Gasteiger partial charge in [0.15, 0.2) is 0 Å².